The van der Waals surface area contributed by atoms with Crippen LogP contribution in [-0.2, 0) is 28.6 Å². The lowest BCUT2D eigenvalue weighted by atomic mass is 10.2. The summed E-state index contributed by atoms with van der Waals surface area (Å²) in [4.78, 5) is 44.9. The Morgan fingerprint density at radius 3 is 2.13 bits per heavy atom. The van der Waals surface area contributed by atoms with Crippen molar-refractivity contribution in [1.29, 1.82) is 0 Å². The number of amides is 1. The van der Waals surface area contributed by atoms with Crippen molar-refractivity contribution < 1.29 is 33.4 Å². The minimum absolute atomic E-state index is 0.0291. The van der Waals surface area contributed by atoms with Gasteiger partial charge in [0.2, 0.25) is 0 Å². The first-order valence-electron chi connectivity index (χ1n) is 7.16. The number of Topliss-reactive ketones (excluding diaryl/α,β-unsaturated/α-hetero) is 1. The molecule has 0 aliphatic heterocycles. The van der Waals surface area contributed by atoms with Crippen molar-refractivity contribution in [3.8, 4) is 0 Å². The van der Waals surface area contributed by atoms with E-state index in [-0.39, 0.29) is 38.3 Å². The summed E-state index contributed by atoms with van der Waals surface area (Å²) >= 11 is 0. The van der Waals surface area contributed by atoms with Crippen LogP contribution in [0.3, 0.4) is 0 Å². The summed E-state index contributed by atoms with van der Waals surface area (Å²) < 4.78 is 14.4. The third-order valence-electron chi connectivity index (χ3n) is 2.30. The molecule has 0 heterocycles. The van der Waals surface area contributed by atoms with Crippen molar-refractivity contribution in [1.82, 2.24) is 5.43 Å². The van der Waals surface area contributed by atoms with E-state index in [0.717, 1.165) is 0 Å². The largest absolute Gasteiger partial charge is 0.460 e. The fourth-order valence-corrected chi connectivity index (χ4v) is 1.38. The van der Waals surface area contributed by atoms with E-state index < -0.39 is 23.6 Å². The number of carbonyl (C=O) groups excluding carboxylic acids is 4. The molecule has 0 aromatic rings. The summed E-state index contributed by atoms with van der Waals surface area (Å²) in [5.41, 5.74) is 1.17. The molecule has 9 heteroatoms. The van der Waals surface area contributed by atoms with Gasteiger partial charge in [-0.05, 0) is 27.2 Å². The number of hydrazine groups is 1. The Hall–Kier alpha value is -2.16. The average Bonchev–Trinajstić information content (AvgIpc) is 2.45. The molecule has 0 aliphatic rings. The van der Waals surface area contributed by atoms with Gasteiger partial charge in [-0.15, -0.1) is 0 Å². The number of hydrogen-bond donors (Lipinski definition) is 2. The molecule has 132 valence electrons. The molecule has 0 spiro atoms. The van der Waals surface area contributed by atoms with Crippen LogP contribution in [0.4, 0.5) is 4.79 Å². The number of nitrogens with two attached hydrogens (primary N) is 1. The highest BCUT2D eigenvalue weighted by atomic mass is 16.6. The summed E-state index contributed by atoms with van der Waals surface area (Å²) in [5.74, 6) is 3.33. The fourth-order valence-electron chi connectivity index (χ4n) is 1.38. The van der Waals surface area contributed by atoms with Crippen LogP contribution in [0.5, 0.6) is 0 Å². The van der Waals surface area contributed by atoms with Gasteiger partial charge in [-0.3, -0.25) is 19.8 Å². The van der Waals surface area contributed by atoms with Crippen LogP contribution in [-0.4, -0.2) is 42.6 Å². The third-order valence-corrected chi connectivity index (χ3v) is 2.30. The van der Waals surface area contributed by atoms with Crippen molar-refractivity contribution in [3.05, 3.63) is 0 Å². The molecule has 23 heavy (non-hydrogen) atoms. The van der Waals surface area contributed by atoms with Gasteiger partial charge in [0.25, 0.3) is 0 Å². The smallest absolute Gasteiger partial charge is 0.421 e. The first-order valence-corrected chi connectivity index (χ1v) is 7.16. The molecular formula is C14H24N2O7. The number of hydrogen-bond acceptors (Lipinski definition) is 8. The highest BCUT2D eigenvalue weighted by molar-refractivity contribution is 5.83. The standard InChI is InChI=1S/C14H24N2O7/c1-14(2,3)23-12(19)7-6-11(18)22-9-10(17)5-4-8-21-13(20)16-15/h4-9,15H2,1-3H3,(H,16,20). The van der Waals surface area contributed by atoms with E-state index in [4.69, 9.17) is 15.3 Å². The van der Waals surface area contributed by atoms with Crippen molar-refractivity contribution in [2.45, 2.75) is 52.1 Å². The predicted octanol–water partition coefficient (Wildman–Crippen LogP) is 0.601. The van der Waals surface area contributed by atoms with Crippen LogP contribution < -0.4 is 11.3 Å². The second-order valence-corrected chi connectivity index (χ2v) is 5.67. The Labute approximate surface area is 134 Å². The van der Waals surface area contributed by atoms with Gasteiger partial charge in [0.15, 0.2) is 5.78 Å². The maximum Gasteiger partial charge on any atom is 0.421 e. The van der Waals surface area contributed by atoms with Crippen molar-refractivity contribution in [2.75, 3.05) is 13.2 Å². The topological polar surface area (TPSA) is 134 Å². The molecule has 0 fully saturated rings. The first-order chi connectivity index (χ1) is 10.6. The van der Waals surface area contributed by atoms with Crippen molar-refractivity contribution in [3.63, 3.8) is 0 Å². The van der Waals surface area contributed by atoms with Gasteiger partial charge < -0.3 is 14.2 Å². The number of ketones is 1. The molecule has 0 unspecified atom stereocenters. The summed E-state index contributed by atoms with van der Waals surface area (Å²) in [5, 5.41) is 0. The Morgan fingerprint density at radius 2 is 1.57 bits per heavy atom. The Morgan fingerprint density at radius 1 is 0.957 bits per heavy atom. The quantitative estimate of drug-likeness (QED) is 0.156. The van der Waals surface area contributed by atoms with Crippen molar-refractivity contribution >= 4 is 23.8 Å². The van der Waals surface area contributed by atoms with Crippen LogP contribution in [0.15, 0.2) is 0 Å². The summed E-state index contributed by atoms with van der Waals surface area (Å²) in [6, 6.07) is 0. The molecule has 9 nitrogen and oxygen atoms in total. The monoisotopic (exact) mass is 332 g/mol. The molecule has 0 aromatic heterocycles. The number of esters is 2. The van der Waals surface area contributed by atoms with E-state index in [1.807, 2.05) is 0 Å². The van der Waals surface area contributed by atoms with Crippen molar-refractivity contribution in [2.24, 2.45) is 5.84 Å². The zero-order chi connectivity index (χ0) is 17.9. The molecule has 0 radical (unpaired) electrons. The maximum absolute atomic E-state index is 11.4. The number of nitrogens with one attached hydrogen (secondary N) is 1. The summed E-state index contributed by atoms with van der Waals surface area (Å²) in [6.07, 6.45) is -0.654. The maximum atomic E-state index is 11.4. The molecule has 0 atom stereocenters. The second kappa shape index (κ2) is 10.5. The van der Waals surface area contributed by atoms with Crippen LogP contribution in [0.2, 0.25) is 0 Å². The molecule has 0 rings (SSSR count). The van der Waals surface area contributed by atoms with E-state index >= 15 is 0 Å². The third kappa shape index (κ3) is 13.2. The highest BCUT2D eigenvalue weighted by Gasteiger charge is 2.17. The molecule has 0 saturated carbocycles. The van der Waals surface area contributed by atoms with E-state index in [1.54, 1.807) is 26.2 Å². The zero-order valence-electron chi connectivity index (χ0n) is 13.7. The van der Waals surface area contributed by atoms with Gasteiger partial charge in [-0.1, -0.05) is 0 Å². The van der Waals surface area contributed by atoms with Crippen LogP contribution >= 0.6 is 0 Å². The van der Waals surface area contributed by atoms with Crippen LogP contribution in [0, 0.1) is 0 Å². The minimum atomic E-state index is -0.786. The van der Waals surface area contributed by atoms with E-state index in [9.17, 15) is 19.2 Å². The SMILES string of the molecule is CC(C)(C)OC(=O)CCC(=O)OCC(=O)CCCOC(=O)NN. The minimum Gasteiger partial charge on any atom is -0.460 e. The number of carbonyl (C=O) groups is 4. The highest BCUT2D eigenvalue weighted by Crippen LogP contribution is 2.09. The molecule has 0 saturated heterocycles. The average molecular weight is 332 g/mol. The molecule has 0 aliphatic carbocycles. The van der Waals surface area contributed by atoms with E-state index in [0.29, 0.717) is 6.42 Å². The van der Waals surface area contributed by atoms with Crippen LogP contribution in [0.25, 0.3) is 0 Å². The normalized spacial score (nSPS) is 10.6. The first kappa shape index (κ1) is 20.8. The van der Waals surface area contributed by atoms with Gasteiger partial charge >= 0.3 is 18.0 Å². The van der Waals surface area contributed by atoms with Gasteiger partial charge in [0, 0.05) is 6.42 Å². The lowest BCUT2D eigenvalue weighted by Gasteiger charge is -2.19. The van der Waals surface area contributed by atoms with Gasteiger partial charge in [-0.2, -0.15) is 0 Å². The molecule has 0 aromatic carbocycles. The second-order valence-electron chi connectivity index (χ2n) is 5.67. The van der Waals surface area contributed by atoms with E-state index in [1.165, 1.54) is 0 Å². The van der Waals surface area contributed by atoms with Gasteiger partial charge in [-0.25, -0.2) is 10.6 Å². The molecule has 3 N–H and O–H groups in total. The zero-order valence-corrected chi connectivity index (χ0v) is 13.7. The van der Waals surface area contributed by atoms with Gasteiger partial charge in [0.05, 0.1) is 19.4 Å². The Balaban J connectivity index is 3.74. The Kier molecular flexibility index (Phi) is 9.56. The lowest BCUT2D eigenvalue weighted by molar-refractivity contribution is -0.158. The fraction of sp³-hybridized carbons (Fsp3) is 0.714. The van der Waals surface area contributed by atoms with Gasteiger partial charge in [0.1, 0.15) is 12.2 Å². The molecule has 0 bridgehead atoms. The summed E-state index contributed by atoms with van der Waals surface area (Å²) in [6.45, 7) is 4.83. The predicted molar refractivity (Wildman–Crippen MR) is 79.0 cm³/mol. The summed E-state index contributed by atoms with van der Waals surface area (Å²) in [7, 11) is 0. The van der Waals surface area contributed by atoms with E-state index in [2.05, 4.69) is 4.74 Å². The molecular weight excluding hydrogens is 308 g/mol. The number of ether oxygens (including phenoxy) is 3. The Bertz CT molecular complexity index is 429. The molecule has 1 amide bonds. The number of rotatable bonds is 9. The lowest BCUT2D eigenvalue weighted by Crippen LogP contribution is -2.31. The van der Waals surface area contributed by atoms with Crippen LogP contribution in [0.1, 0.15) is 46.5 Å².